The van der Waals surface area contributed by atoms with Gasteiger partial charge in [0, 0.05) is 61.2 Å². The lowest BCUT2D eigenvalue weighted by atomic mass is 10.1. The van der Waals surface area contributed by atoms with Gasteiger partial charge in [-0.05, 0) is 69.1 Å². The van der Waals surface area contributed by atoms with Crippen LogP contribution in [0.3, 0.4) is 0 Å². The van der Waals surface area contributed by atoms with Crippen molar-refractivity contribution in [3.63, 3.8) is 0 Å². The van der Waals surface area contributed by atoms with Gasteiger partial charge in [0.15, 0.2) is 5.16 Å². The second-order valence-electron chi connectivity index (χ2n) is 10.3. The highest BCUT2D eigenvalue weighted by molar-refractivity contribution is 7.99. The van der Waals surface area contributed by atoms with Crippen molar-refractivity contribution in [3.05, 3.63) is 59.5 Å². The van der Waals surface area contributed by atoms with Crippen LogP contribution in [0, 0.1) is 11.3 Å². The van der Waals surface area contributed by atoms with Gasteiger partial charge >= 0.3 is 0 Å². The number of imidazole rings is 1. The number of nitrogens with one attached hydrogen (secondary N) is 1. The molecule has 10 heteroatoms. The van der Waals surface area contributed by atoms with Crippen molar-refractivity contribution in [2.75, 3.05) is 49.5 Å². The number of aryl methyl sites for hydroxylation is 1. The molecule has 0 amide bonds. The van der Waals surface area contributed by atoms with E-state index in [4.69, 9.17) is 16.3 Å². The van der Waals surface area contributed by atoms with Gasteiger partial charge in [-0.15, -0.1) is 0 Å². The number of likely N-dealkylation sites (tertiary alicyclic amines) is 1. The van der Waals surface area contributed by atoms with Crippen LogP contribution in [0.5, 0.6) is 5.75 Å². The topological polar surface area (TPSA) is 82.2 Å². The van der Waals surface area contributed by atoms with Gasteiger partial charge in [-0.1, -0.05) is 23.4 Å². The highest BCUT2D eigenvalue weighted by atomic mass is 35.5. The lowest BCUT2D eigenvalue weighted by Crippen LogP contribution is -2.25. The lowest BCUT2D eigenvalue weighted by molar-refractivity contribution is 0.238. The molecule has 2 saturated heterocycles. The van der Waals surface area contributed by atoms with Crippen LogP contribution in [0.4, 0.5) is 17.1 Å². The summed E-state index contributed by atoms with van der Waals surface area (Å²) < 4.78 is 8.39. The molecular weight excluding hydrogens is 542 g/mol. The van der Waals surface area contributed by atoms with E-state index < -0.39 is 0 Å². The summed E-state index contributed by atoms with van der Waals surface area (Å²) in [5.74, 6) is 0.841. The van der Waals surface area contributed by atoms with Crippen LogP contribution in [0.25, 0.3) is 10.9 Å². The maximum absolute atomic E-state index is 9.97. The Bertz CT molecular complexity index is 1550. The predicted molar refractivity (Wildman–Crippen MR) is 161 cm³/mol. The summed E-state index contributed by atoms with van der Waals surface area (Å²) in [5, 5.41) is 15.8. The Morgan fingerprint density at radius 2 is 1.88 bits per heavy atom. The summed E-state index contributed by atoms with van der Waals surface area (Å²) in [6, 6.07) is 12.3. The first-order chi connectivity index (χ1) is 19.6. The molecule has 0 unspecified atom stereocenters. The summed E-state index contributed by atoms with van der Waals surface area (Å²) in [5.41, 5.74) is 3.85. The average molecular weight is 574 g/mol. The third kappa shape index (κ3) is 5.71. The molecule has 0 radical (unpaired) electrons. The molecule has 0 aliphatic carbocycles. The van der Waals surface area contributed by atoms with E-state index in [0.717, 1.165) is 70.8 Å². The SMILES string of the molecule is Cn1ccnc1Sc1ccc(Nc2c(C#N)cnc3cc(N4CCCC4)c(OCCN4CCCC4)cc23)cc1Cl. The van der Waals surface area contributed by atoms with E-state index >= 15 is 0 Å². The largest absolute Gasteiger partial charge is 0.490 e. The number of halogens is 1. The fourth-order valence-corrected chi connectivity index (χ4v) is 6.50. The highest BCUT2D eigenvalue weighted by Crippen LogP contribution is 2.40. The number of aromatic nitrogens is 3. The Hall–Kier alpha value is -3.45. The Kier molecular flexibility index (Phi) is 8.00. The van der Waals surface area contributed by atoms with Gasteiger partial charge in [0.2, 0.25) is 0 Å². The van der Waals surface area contributed by atoms with Crippen molar-refractivity contribution in [1.29, 1.82) is 5.26 Å². The normalized spacial score (nSPS) is 15.6. The van der Waals surface area contributed by atoms with Crippen LogP contribution in [0.15, 0.2) is 59.0 Å². The smallest absolute Gasteiger partial charge is 0.172 e. The van der Waals surface area contributed by atoms with E-state index in [1.165, 1.54) is 37.4 Å². The zero-order valence-electron chi connectivity index (χ0n) is 22.6. The van der Waals surface area contributed by atoms with E-state index in [1.807, 2.05) is 36.0 Å². The fraction of sp³-hybridized carbons (Fsp3) is 0.367. The Morgan fingerprint density at radius 1 is 1.07 bits per heavy atom. The number of nitriles is 1. The van der Waals surface area contributed by atoms with Gasteiger partial charge < -0.3 is 19.5 Å². The molecule has 2 aromatic carbocycles. The second kappa shape index (κ2) is 12.0. The maximum Gasteiger partial charge on any atom is 0.172 e. The quantitative estimate of drug-likeness (QED) is 0.244. The van der Waals surface area contributed by atoms with E-state index in [1.54, 1.807) is 12.4 Å². The second-order valence-corrected chi connectivity index (χ2v) is 11.7. The minimum Gasteiger partial charge on any atom is -0.490 e. The van der Waals surface area contributed by atoms with Gasteiger partial charge in [-0.3, -0.25) is 9.88 Å². The fourth-order valence-electron chi connectivity index (χ4n) is 5.39. The van der Waals surface area contributed by atoms with Crippen LogP contribution in [-0.4, -0.2) is 58.8 Å². The Morgan fingerprint density at radius 3 is 2.60 bits per heavy atom. The minimum atomic E-state index is 0.465. The zero-order chi connectivity index (χ0) is 27.5. The third-order valence-electron chi connectivity index (χ3n) is 7.56. The number of anilines is 3. The van der Waals surface area contributed by atoms with Gasteiger partial charge in [0.25, 0.3) is 0 Å². The third-order valence-corrected chi connectivity index (χ3v) is 9.14. The van der Waals surface area contributed by atoms with Crippen molar-refractivity contribution in [3.8, 4) is 11.8 Å². The molecule has 0 saturated carbocycles. The van der Waals surface area contributed by atoms with Crippen molar-refractivity contribution in [2.45, 2.75) is 35.7 Å². The van der Waals surface area contributed by atoms with Gasteiger partial charge in [-0.2, -0.15) is 5.26 Å². The van der Waals surface area contributed by atoms with Crippen LogP contribution >= 0.6 is 23.4 Å². The molecule has 40 heavy (non-hydrogen) atoms. The molecule has 2 aromatic heterocycles. The maximum atomic E-state index is 9.97. The van der Waals surface area contributed by atoms with Gasteiger partial charge in [-0.25, -0.2) is 4.98 Å². The molecule has 0 atom stereocenters. The molecule has 2 aliphatic rings. The first kappa shape index (κ1) is 26.8. The van der Waals surface area contributed by atoms with Crippen molar-refractivity contribution in [2.24, 2.45) is 7.05 Å². The van der Waals surface area contributed by atoms with E-state index in [0.29, 0.717) is 22.9 Å². The van der Waals surface area contributed by atoms with Crippen molar-refractivity contribution >= 4 is 51.3 Å². The molecule has 4 heterocycles. The molecule has 1 N–H and O–H groups in total. The van der Waals surface area contributed by atoms with Gasteiger partial charge in [0.1, 0.15) is 18.4 Å². The minimum absolute atomic E-state index is 0.465. The number of hydrogen-bond donors (Lipinski definition) is 1. The Labute approximate surface area is 243 Å². The molecule has 0 spiro atoms. The van der Waals surface area contributed by atoms with Crippen LogP contribution in [0.1, 0.15) is 31.2 Å². The summed E-state index contributed by atoms with van der Waals surface area (Å²) in [4.78, 5) is 14.8. The van der Waals surface area contributed by atoms with Crippen LogP contribution in [-0.2, 0) is 7.05 Å². The molecule has 2 aliphatic heterocycles. The molecule has 0 bridgehead atoms. The molecule has 6 rings (SSSR count). The molecule has 8 nitrogen and oxygen atoms in total. The number of hydrogen-bond acceptors (Lipinski definition) is 8. The number of pyridine rings is 1. The number of rotatable bonds is 9. The lowest BCUT2D eigenvalue weighted by Gasteiger charge is -2.24. The molecule has 2 fully saturated rings. The van der Waals surface area contributed by atoms with Crippen LogP contribution < -0.4 is 15.0 Å². The number of nitrogens with zero attached hydrogens (tertiary/aromatic N) is 6. The summed E-state index contributed by atoms with van der Waals surface area (Å²) >= 11 is 8.19. The highest BCUT2D eigenvalue weighted by Gasteiger charge is 2.21. The summed E-state index contributed by atoms with van der Waals surface area (Å²) in [6.45, 7) is 5.86. The first-order valence-corrected chi connectivity index (χ1v) is 15.0. The molecule has 4 aromatic rings. The number of ether oxygens (including phenoxy) is 1. The van der Waals surface area contributed by atoms with E-state index in [9.17, 15) is 5.26 Å². The van der Waals surface area contributed by atoms with Crippen molar-refractivity contribution in [1.82, 2.24) is 19.4 Å². The summed E-state index contributed by atoms with van der Waals surface area (Å²) in [7, 11) is 1.96. The molecular formula is C30H32ClN7OS. The average Bonchev–Trinajstić information content (AvgIpc) is 3.75. The monoisotopic (exact) mass is 573 g/mol. The summed E-state index contributed by atoms with van der Waals surface area (Å²) in [6.07, 6.45) is 10.2. The Balaban J connectivity index is 1.32. The molecule has 206 valence electrons. The van der Waals surface area contributed by atoms with Crippen LogP contribution in [0.2, 0.25) is 5.02 Å². The van der Waals surface area contributed by atoms with E-state index in [-0.39, 0.29) is 0 Å². The number of fused-ring (bicyclic) bond motifs is 1. The number of benzene rings is 2. The van der Waals surface area contributed by atoms with E-state index in [2.05, 4.69) is 43.3 Å². The predicted octanol–water partition coefficient (Wildman–Crippen LogP) is 6.46. The van der Waals surface area contributed by atoms with Gasteiger partial charge in [0.05, 0.1) is 27.5 Å². The first-order valence-electron chi connectivity index (χ1n) is 13.8. The van der Waals surface area contributed by atoms with Crippen molar-refractivity contribution < 1.29 is 4.74 Å². The zero-order valence-corrected chi connectivity index (χ0v) is 24.1. The standard InChI is InChI=1S/C30H32ClN7OS/c1-36-13-8-33-30(36)40-28-7-6-22(16-24(28)31)35-29-21(19-32)20-34-25-18-26(38-11-4-5-12-38)27(17-23(25)29)39-15-14-37-9-2-3-10-37/h6-8,13,16-18,20H,2-5,9-12,14-15H2,1H3,(H,34,35).